The maximum Gasteiger partial charge on any atom is 0.124 e. The van der Waals surface area contributed by atoms with E-state index in [9.17, 15) is 4.39 Å². The lowest BCUT2D eigenvalue weighted by atomic mass is 9.91. The van der Waals surface area contributed by atoms with Gasteiger partial charge in [0.25, 0.3) is 0 Å². The molecule has 0 aliphatic heterocycles. The minimum Gasteiger partial charge on any atom is -0.299 e. The van der Waals surface area contributed by atoms with Crippen LogP contribution in [0.3, 0.4) is 0 Å². The molecule has 2 rings (SSSR count). The summed E-state index contributed by atoms with van der Waals surface area (Å²) >= 11 is 0. The van der Waals surface area contributed by atoms with E-state index in [1.807, 2.05) is 6.07 Å². The third kappa shape index (κ3) is 2.40. The van der Waals surface area contributed by atoms with Crippen LogP contribution in [0, 0.1) is 17.1 Å². The zero-order valence-electron chi connectivity index (χ0n) is 9.41. The summed E-state index contributed by atoms with van der Waals surface area (Å²) in [6.07, 6.45) is 3.76. The lowest BCUT2D eigenvalue weighted by Crippen LogP contribution is -2.36. The van der Waals surface area contributed by atoms with Gasteiger partial charge in [-0.15, -0.1) is 0 Å². The molecule has 84 valence electrons. The van der Waals surface area contributed by atoms with Crippen LogP contribution in [0.2, 0.25) is 0 Å². The molecular weight excluding hydrogens is 203 g/mol. The number of benzene rings is 1. The lowest BCUT2D eigenvalue weighted by molar-refractivity contribution is 0.152. The molecule has 1 aliphatic carbocycles. The van der Waals surface area contributed by atoms with Crippen molar-refractivity contribution < 1.29 is 4.39 Å². The van der Waals surface area contributed by atoms with E-state index in [1.54, 1.807) is 6.07 Å². The molecule has 2 nitrogen and oxygen atoms in total. The molecule has 0 amide bonds. The average Bonchev–Trinajstić information content (AvgIpc) is 2.13. The van der Waals surface area contributed by atoms with Crippen molar-refractivity contribution in [2.75, 3.05) is 7.05 Å². The first-order chi connectivity index (χ1) is 7.69. The highest BCUT2D eigenvalue weighted by Crippen LogP contribution is 2.25. The van der Waals surface area contributed by atoms with Crippen molar-refractivity contribution in [1.29, 1.82) is 5.26 Å². The van der Waals surface area contributed by atoms with Crippen molar-refractivity contribution in [3.8, 4) is 6.07 Å². The van der Waals surface area contributed by atoms with E-state index < -0.39 is 0 Å². The van der Waals surface area contributed by atoms with Gasteiger partial charge in [-0.1, -0.05) is 6.42 Å². The van der Waals surface area contributed by atoms with E-state index >= 15 is 0 Å². The van der Waals surface area contributed by atoms with E-state index in [0.29, 0.717) is 11.6 Å². The molecule has 0 atom stereocenters. The lowest BCUT2D eigenvalue weighted by Gasteiger charge is -2.34. The molecule has 1 aromatic carbocycles. The summed E-state index contributed by atoms with van der Waals surface area (Å²) in [4.78, 5) is 2.24. The second-order valence-electron chi connectivity index (χ2n) is 4.46. The van der Waals surface area contributed by atoms with Crippen LogP contribution < -0.4 is 0 Å². The van der Waals surface area contributed by atoms with E-state index in [0.717, 1.165) is 12.1 Å². The molecule has 0 bridgehead atoms. The summed E-state index contributed by atoms with van der Waals surface area (Å²) in [6.45, 7) is 0.719. The molecule has 0 heterocycles. The number of nitrogens with zero attached hydrogens (tertiary/aromatic N) is 2. The molecule has 0 spiro atoms. The van der Waals surface area contributed by atoms with Crippen LogP contribution in [0.1, 0.15) is 30.4 Å². The fraction of sp³-hybridized carbons (Fsp3) is 0.462. The molecule has 1 saturated carbocycles. The van der Waals surface area contributed by atoms with Gasteiger partial charge in [0.15, 0.2) is 0 Å². The van der Waals surface area contributed by atoms with Crippen LogP contribution in [0.4, 0.5) is 4.39 Å². The molecule has 0 N–H and O–H groups in total. The van der Waals surface area contributed by atoms with Crippen LogP contribution in [0.25, 0.3) is 0 Å². The SMILES string of the molecule is CN(Cc1cc(F)cc(C#N)c1)C1CCC1. The van der Waals surface area contributed by atoms with Gasteiger partial charge in [0, 0.05) is 12.6 Å². The van der Waals surface area contributed by atoms with Crippen molar-refractivity contribution in [3.63, 3.8) is 0 Å². The van der Waals surface area contributed by atoms with E-state index in [2.05, 4.69) is 11.9 Å². The fourth-order valence-corrected chi connectivity index (χ4v) is 2.05. The van der Waals surface area contributed by atoms with Crippen molar-refractivity contribution in [2.24, 2.45) is 0 Å². The van der Waals surface area contributed by atoms with Gasteiger partial charge in [0.1, 0.15) is 5.82 Å². The maximum absolute atomic E-state index is 13.2. The van der Waals surface area contributed by atoms with Gasteiger partial charge in [-0.3, -0.25) is 4.90 Å². The number of hydrogen-bond donors (Lipinski definition) is 0. The quantitative estimate of drug-likeness (QED) is 0.780. The van der Waals surface area contributed by atoms with Crippen molar-refractivity contribution in [2.45, 2.75) is 31.8 Å². The molecule has 1 aliphatic rings. The highest BCUT2D eigenvalue weighted by atomic mass is 19.1. The standard InChI is InChI=1S/C13H15FN2/c1-16(13-3-2-4-13)9-11-5-10(8-15)6-12(14)7-11/h5-7,13H,2-4,9H2,1H3. The second-order valence-corrected chi connectivity index (χ2v) is 4.46. The molecule has 0 aromatic heterocycles. The molecule has 1 aromatic rings. The molecule has 0 radical (unpaired) electrons. The Balaban J connectivity index is 2.08. The minimum atomic E-state index is -0.323. The van der Waals surface area contributed by atoms with E-state index in [4.69, 9.17) is 5.26 Å². The minimum absolute atomic E-state index is 0.323. The number of rotatable bonds is 3. The number of halogens is 1. The molecule has 3 heteroatoms. The Labute approximate surface area is 95.3 Å². The van der Waals surface area contributed by atoms with Crippen LogP contribution in [0.15, 0.2) is 18.2 Å². The maximum atomic E-state index is 13.2. The van der Waals surface area contributed by atoms with Gasteiger partial charge in [0.2, 0.25) is 0 Å². The topological polar surface area (TPSA) is 27.0 Å². The van der Waals surface area contributed by atoms with Crippen molar-refractivity contribution in [3.05, 3.63) is 35.1 Å². The average molecular weight is 218 g/mol. The second kappa shape index (κ2) is 4.63. The number of hydrogen-bond acceptors (Lipinski definition) is 2. The first-order valence-electron chi connectivity index (χ1n) is 5.59. The van der Waals surface area contributed by atoms with Crippen molar-refractivity contribution >= 4 is 0 Å². The van der Waals surface area contributed by atoms with Crippen LogP contribution in [-0.2, 0) is 6.54 Å². The van der Waals surface area contributed by atoms with Gasteiger partial charge < -0.3 is 0 Å². The Morgan fingerprint density at radius 3 is 2.75 bits per heavy atom. The third-order valence-electron chi connectivity index (χ3n) is 3.22. The Morgan fingerprint density at radius 1 is 1.44 bits per heavy atom. The summed E-state index contributed by atoms with van der Waals surface area (Å²) in [7, 11) is 2.06. The predicted molar refractivity (Wildman–Crippen MR) is 60.2 cm³/mol. The van der Waals surface area contributed by atoms with Gasteiger partial charge in [-0.2, -0.15) is 5.26 Å². The zero-order chi connectivity index (χ0) is 11.5. The number of nitriles is 1. The molecular formula is C13H15FN2. The van der Waals surface area contributed by atoms with Gasteiger partial charge in [-0.25, -0.2) is 4.39 Å². The third-order valence-corrected chi connectivity index (χ3v) is 3.22. The van der Waals surface area contributed by atoms with Gasteiger partial charge in [-0.05, 0) is 43.7 Å². The summed E-state index contributed by atoms with van der Waals surface area (Å²) < 4.78 is 13.2. The summed E-state index contributed by atoms with van der Waals surface area (Å²) in [5.74, 6) is -0.323. The molecule has 0 unspecified atom stereocenters. The summed E-state index contributed by atoms with van der Waals surface area (Å²) in [5.41, 5.74) is 1.28. The van der Waals surface area contributed by atoms with Gasteiger partial charge >= 0.3 is 0 Å². The fourth-order valence-electron chi connectivity index (χ4n) is 2.05. The van der Waals surface area contributed by atoms with Crippen LogP contribution in [-0.4, -0.2) is 18.0 Å². The zero-order valence-corrected chi connectivity index (χ0v) is 9.41. The Kier molecular flexibility index (Phi) is 3.21. The predicted octanol–water partition coefficient (Wildman–Crippen LogP) is 2.68. The first kappa shape index (κ1) is 11.1. The normalized spacial score (nSPS) is 15.9. The Morgan fingerprint density at radius 2 is 2.19 bits per heavy atom. The molecule has 16 heavy (non-hydrogen) atoms. The Hall–Kier alpha value is -1.40. The van der Waals surface area contributed by atoms with Crippen LogP contribution in [0.5, 0.6) is 0 Å². The first-order valence-corrected chi connectivity index (χ1v) is 5.59. The largest absolute Gasteiger partial charge is 0.299 e. The highest BCUT2D eigenvalue weighted by Gasteiger charge is 2.21. The molecule has 0 saturated heterocycles. The van der Waals surface area contributed by atoms with E-state index in [-0.39, 0.29) is 5.82 Å². The van der Waals surface area contributed by atoms with Crippen LogP contribution >= 0.6 is 0 Å². The van der Waals surface area contributed by atoms with Gasteiger partial charge in [0.05, 0.1) is 11.6 Å². The van der Waals surface area contributed by atoms with Crippen molar-refractivity contribution in [1.82, 2.24) is 4.90 Å². The monoisotopic (exact) mass is 218 g/mol. The summed E-state index contributed by atoms with van der Waals surface area (Å²) in [6, 6.07) is 7.16. The van der Waals surface area contributed by atoms with E-state index in [1.165, 1.54) is 31.4 Å². The molecule has 1 fully saturated rings. The highest BCUT2D eigenvalue weighted by molar-refractivity contribution is 5.33. The Bertz CT molecular complexity index is 418. The summed E-state index contributed by atoms with van der Waals surface area (Å²) in [5, 5.41) is 8.76. The smallest absolute Gasteiger partial charge is 0.124 e.